The van der Waals surface area contributed by atoms with Crippen molar-refractivity contribution in [2.75, 3.05) is 11.9 Å². The SMILES string of the molecule is CC(C)(C)OCCCCCCBr. The predicted molar refractivity (Wildman–Crippen MR) is 58.0 cm³/mol. The Morgan fingerprint density at radius 1 is 1.00 bits per heavy atom. The molecule has 0 heterocycles. The van der Waals surface area contributed by atoms with Crippen LogP contribution in [0, 0.1) is 0 Å². The first-order valence-electron chi connectivity index (χ1n) is 4.76. The fourth-order valence-electron chi connectivity index (χ4n) is 0.928. The minimum absolute atomic E-state index is 0.0371. The molecule has 0 spiro atoms. The third-order valence-electron chi connectivity index (χ3n) is 1.56. The molecule has 0 aliphatic rings. The highest BCUT2D eigenvalue weighted by Crippen LogP contribution is 2.09. The van der Waals surface area contributed by atoms with Crippen LogP contribution in [0.25, 0.3) is 0 Å². The van der Waals surface area contributed by atoms with Gasteiger partial charge >= 0.3 is 0 Å². The van der Waals surface area contributed by atoms with E-state index in [0.717, 1.165) is 11.9 Å². The maximum atomic E-state index is 5.60. The Balaban J connectivity index is 3.01. The topological polar surface area (TPSA) is 9.23 Å². The van der Waals surface area contributed by atoms with E-state index in [1.165, 1.54) is 25.7 Å². The summed E-state index contributed by atoms with van der Waals surface area (Å²) < 4.78 is 5.60. The molecule has 1 nitrogen and oxygen atoms in total. The van der Waals surface area contributed by atoms with E-state index in [0.29, 0.717) is 0 Å². The number of hydrogen-bond acceptors (Lipinski definition) is 1. The molecule has 0 saturated carbocycles. The monoisotopic (exact) mass is 236 g/mol. The zero-order chi connectivity index (χ0) is 9.45. The zero-order valence-electron chi connectivity index (χ0n) is 8.53. The predicted octanol–water partition coefficient (Wildman–Crippen LogP) is 3.76. The largest absolute Gasteiger partial charge is 0.376 e. The van der Waals surface area contributed by atoms with Gasteiger partial charge in [-0.25, -0.2) is 0 Å². The summed E-state index contributed by atoms with van der Waals surface area (Å²) >= 11 is 3.42. The molecule has 0 aliphatic heterocycles. The molecule has 0 atom stereocenters. The number of hydrogen-bond donors (Lipinski definition) is 0. The fraction of sp³-hybridized carbons (Fsp3) is 1.00. The molecule has 0 saturated heterocycles. The number of unbranched alkanes of at least 4 members (excludes halogenated alkanes) is 3. The molecule has 0 aliphatic carbocycles. The molecule has 0 bridgehead atoms. The average molecular weight is 237 g/mol. The van der Waals surface area contributed by atoms with Crippen molar-refractivity contribution in [1.29, 1.82) is 0 Å². The van der Waals surface area contributed by atoms with Crippen molar-refractivity contribution in [3.05, 3.63) is 0 Å². The van der Waals surface area contributed by atoms with Gasteiger partial charge in [-0.1, -0.05) is 28.8 Å². The van der Waals surface area contributed by atoms with Gasteiger partial charge in [0, 0.05) is 11.9 Å². The van der Waals surface area contributed by atoms with Crippen LogP contribution in [-0.2, 0) is 4.74 Å². The van der Waals surface area contributed by atoms with E-state index < -0.39 is 0 Å². The highest BCUT2D eigenvalue weighted by atomic mass is 79.9. The molecule has 0 aromatic heterocycles. The van der Waals surface area contributed by atoms with Gasteiger partial charge in [0.05, 0.1) is 5.60 Å². The number of halogens is 1. The molecular weight excluding hydrogens is 216 g/mol. The van der Waals surface area contributed by atoms with E-state index in [2.05, 4.69) is 36.7 Å². The highest BCUT2D eigenvalue weighted by molar-refractivity contribution is 9.09. The summed E-state index contributed by atoms with van der Waals surface area (Å²) in [6.07, 6.45) is 5.10. The van der Waals surface area contributed by atoms with E-state index >= 15 is 0 Å². The molecule has 0 radical (unpaired) electrons. The van der Waals surface area contributed by atoms with Crippen molar-refractivity contribution in [3.63, 3.8) is 0 Å². The first-order valence-corrected chi connectivity index (χ1v) is 5.88. The fourth-order valence-corrected chi connectivity index (χ4v) is 1.32. The second-order valence-corrected chi connectivity index (χ2v) is 4.86. The van der Waals surface area contributed by atoms with Gasteiger partial charge in [-0.15, -0.1) is 0 Å². The Kier molecular flexibility index (Phi) is 7.16. The molecule has 0 rings (SSSR count). The van der Waals surface area contributed by atoms with Gasteiger partial charge in [-0.05, 0) is 33.6 Å². The molecule has 0 unspecified atom stereocenters. The lowest BCUT2D eigenvalue weighted by Crippen LogP contribution is -2.19. The summed E-state index contributed by atoms with van der Waals surface area (Å²) in [5, 5.41) is 1.13. The average Bonchev–Trinajstić information content (AvgIpc) is 1.94. The maximum absolute atomic E-state index is 5.60. The Hall–Kier alpha value is 0.440. The molecule has 12 heavy (non-hydrogen) atoms. The Labute approximate surface area is 85.0 Å². The molecule has 0 aromatic carbocycles. The Bertz CT molecular complexity index is 96.5. The van der Waals surface area contributed by atoms with Crippen LogP contribution in [0.4, 0.5) is 0 Å². The van der Waals surface area contributed by atoms with Crippen LogP contribution in [0.3, 0.4) is 0 Å². The van der Waals surface area contributed by atoms with Crippen LogP contribution < -0.4 is 0 Å². The third kappa shape index (κ3) is 10.4. The smallest absolute Gasteiger partial charge is 0.0598 e. The molecule has 2 heteroatoms. The van der Waals surface area contributed by atoms with E-state index in [9.17, 15) is 0 Å². The first kappa shape index (κ1) is 12.4. The van der Waals surface area contributed by atoms with Crippen molar-refractivity contribution in [2.24, 2.45) is 0 Å². The highest BCUT2D eigenvalue weighted by Gasteiger charge is 2.08. The lowest BCUT2D eigenvalue weighted by molar-refractivity contribution is -0.00470. The quantitative estimate of drug-likeness (QED) is 0.505. The summed E-state index contributed by atoms with van der Waals surface area (Å²) in [7, 11) is 0. The van der Waals surface area contributed by atoms with Crippen LogP contribution >= 0.6 is 15.9 Å². The van der Waals surface area contributed by atoms with Gasteiger partial charge in [0.1, 0.15) is 0 Å². The Morgan fingerprint density at radius 2 is 1.58 bits per heavy atom. The molecule has 0 N–H and O–H groups in total. The summed E-state index contributed by atoms with van der Waals surface area (Å²) in [6.45, 7) is 7.22. The van der Waals surface area contributed by atoms with Gasteiger partial charge in [0.25, 0.3) is 0 Å². The van der Waals surface area contributed by atoms with E-state index in [-0.39, 0.29) is 5.60 Å². The maximum Gasteiger partial charge on any atom is 0.0598 e. The lowest BCUT2D eigenvalue weighted by Gasteiger charge is -2.19. The van der Waals surface area contributed by atoms with Gasteiger partial charge in [0.2, 0.25) is 0 Å². The molecule has 0 aromatic rings. The van der Waals surface area contributed by atoms with Crippen molar-refractivity contribution >= 4 is 15.9 Å². The number of rotatable bonds is 6. The van der Waals surface area contributed by atoms with Crippen LogP contribution in [0.2, 0.25) is 0 Å². The van der Waals surface area contributed by atoms with Gasteiger partial charge in [-0.3, -0.25) is 0 Å². The second kappa shape index (κ2) is 6.90. The summed E-state index contributed by atoms with van der Waals surface area (Å²) in [5.74, 6) is 0. The van der Waals surface area contributed by atoms with Crippen LogP contribution in [0.1, 0.15) is 46.5 Å². The van der Waals surface area contributed by atoms with Crippen LogP contribution in [-0.4, -0.2) is 17.5 Å². The Morgan fingerprint density at radius 3 is 2.08 bits per heavy atom. The number of ether oxygens (including phenoxy) is 1. The number of alkyl halides is 1. The minimum atomic E-state index is 0.0371. The van der Waals surface area contributed by atoms with Gasteiger partial charge < -0.3 is 4.74 Å². The van der Waals surface area contributed by atoms with Crippen molar-refractivity contribution in [1.82, 2.24) is 0 Å². The first-order chi connectivity index (χ1) is 5.56. The van der Waals surface area contributed by atoms with Crippen molar-refractivity contribution < 1.29 is 4.74 Å². The van der Waals surface area contributed by atoms with Crippen molar-refractivity contribution in [3.8, 4) is 0 Å². The standard InChI is InChI=1S/C10H21BrO/c1-10(2,3)12-9-7-5-4-6-8-11/h4-9H2,1-3H3. The lowest BCUT2D eigenvalue weighted by atomic mass is 10.2. The van der Waals surface area contributed by atoms with E-state index in [1.807, 2.05) is 0 Å². The van der Waals surface area contributed by atoms with E-state index in [1.54, 1.807) is 0 Å². The molecule has 74 valence electrons. The molecular formula is C10H21BrO. The normalized spacial score (nSPS) is 12.0. The summed E-state index contributed by atoms with van der Waals surface area (Å²) in [4.78, 5) is 0. The molecule has 0 amide bonds. The molecule has 0 fully saturated rings. The summed E-state index contributed by atoms with van der Waals surface area (Å²) in [5.41, 5.74) is 0.0371. The second-order valence-electron chi connectivity index (χ2n) is 4.06. The summed E-state index contributed by atoms with van der Waals surface area (Å²) in [6, 6.07) is 0. The van der Waals surface area contributed by atoms with Crippen molar-refractivity contribution in [2.45, 2.75) is 52.1 Å². The minimum Gasteiger partial charge on any atom is -0.376 e. The zero-order valence-corrected chi connectivity index (χ0v) is 10.1. The van der Waals surface area contributed by atoms with Crippen LogP contribution in [0.15, 0.2) is 0 Å². The van der Waals surface area contributed by atoms with Gasteiger partial charge in [-0.2, -0.15) is 0 Å². The van der Waals surface area contributed by atoms with E-state index in [4.69, 9.17) is 4.74 Å². The van der Waals surface area contributed by atoms with Gasteiger partial charge in [0.15, 0.2) is 0 Å². The third-order valence-corrected chi connectivity index (χ3v) is 2.12. The van der Waals surface area contributed by atoms with Crippen LogP contribution in [0.5, 0.6) is 0 Å².